The molecule has 0 fully saturated rings. The molecule has 8 aromatic carbocycles. The molecule has 8 aromatic rings. The lowest BCUT2D eigenvalue weighted by atomic mass is 9.64. The van der Waals surface area contributed by atoms with Crippen LogP contribution in [0, 0.1) is 23.3 Å². The summed E-state index contributed by atoms with van der Waals surface area (Å²) in [5.41, 5.74) is 9.45. The quantitative estimate of drug-likeness (QED) is 0.110. The van der Waals surface area contributed by atoms with Gasteiger partial charge in [-0.05, 0) is 115 Å². The number of rotatable bonds is 8. The van der Waals surface area contributed by atoms with Gasteiger partial charge >= 0.3 is 0 Å². The molecule has 0 radical (unpaired) electrons. The molecule has 0 nitrogen and oxygen atoms in total. The molecule has 256 valence electrons. The SMILES string of the molecule is Fc1cccc(-c2ccc(C(c3ccc(-c4cccc(F)c4)cc3)(c3ccc(-c4cccc(F)c4)cc3)c3ccc(-c4cccc(F)c4)cc3)cc2)c1. The lowest BCUT2D eigenvalue weighted by Crippen LogP contribution is -2.31. The van der Waals surface area contributed by atoms with E-state index in [0.717, 1.165) is 66.8 Å². The summed E-state index contributed by atoms with van der Waals surface area (Å²) in [6.07, 6.45) is 0. The van der Waals surface area contributed by atoms with Crippen LogP contribution >= 0.6 is 0 Å². The standard InChI is InChI=1S/C49H32F4/c50-45-9-1-5-37(29-45)33-13-21-41(22-14-33)49(42-23-15-34(16-24-42)38-6-2-10-46(51)30-38,43-25-17-35(18-26-43)39-7-3-11-47(52)31-39)44-27-19-36(20-28-44)40-8-4-12-48(53)32-40/h1-32H. The summed E-state index contributed by atoms with van der Waals surface area (Å²) in [4.78, 5) is 0. The summed E-state index contributed by atoms with van der Waals surface area (Å²) in [6, 6.07) is 58.7. The maximum Gasteiger partial charge on any atom is 0.123 e. The predicted molar refractivity (Wildman–Crippen MR) is 206 cm³/mol. The van der Waals surface area contributed by atoms with Gasteiger partial charge in [0, 0.05) is 0 Å². The summed E-state index contributed by atoms with van der Waals surface area (Å²) < 4.78 is 57.0. The van der Waals surface area contributed by atoms with E-state index in [9.17, 15) is 17.6 Å². The monoisotopic (exact) mass is 696 g/mol. The van der Waals surface area contributed by atoms with Crippen LogP contribution in [0.5, 0.6) is 0 Å². The second-order valence-corrected chi connectivity index (χ2v) is 13.1. The van der Waals surface area contributed by atoms with Crippen molar-refractivity contribution in [2.45, 2.75) is 5.41 Å². The van der Waals surface area contributed by atoms with Crippen LogP contribution < -0.4 is 0 Å². The lowest BCUT2D eigenvalue weighted by molar-refractivity contribution is 0.628. The number of benzene rings is 8. The van der Waals surface area contributed by atoms with E-state index in [4.69, 9.17) is 0 Å². The molecular formula is C49H32F4. The zero-order valence-electron chi connectivity index (χ0n) is 28.5. The largest absolute Gasteiger partial charge is 0.207 e. The molecule has 0 saturated carbocycles. The van der Waals surface area contributed by atoms with E-state index in [1.54, 1.807) is 24.3 Å². The van der Waals surface area contributed by atoms with Crippen molar-refractivity contribution in [1.82, 2.24) is 0 Å². The summed E-state index contributed by atoms with van der Waals surface area (Å²) in [6.45, 7) is 0. The van der Waals surface area contributed by atoms with Gasteiger partial charge in [-0.3, -0.25) is 0 Å². The van der Waals surface area contributed by atoms with Crippen LogP contribution in [0.4, 0.5) is 17.6 Å². The van der Waals surface area contributed by atoms with Gasteiger partial charge < -0.3 is 0 Å². The molecule has 8 rings (SSSR count). The van der Waals surface area contributed by atoms with Crippen LogP contribution in [-0.2, 0) is 5.41 Å². The predicted octanol–water partition coefficient (Wildman–Crippen LogP) is 13.3. The van der Waals surface area contributed by atoms with Gasteiger partial charge in [-0.15, -0.1) is 0 Å². The molecule has 0 amide bonds. The summed E-state index contributed by atoms with van der Waals surface area (Å²) in [7, 11) is 0. The fourth-order valence-corrected chi connectivity index (χ4v) is 7.32. The molecule has 0 bridgehead atoms. The van der Waals surface area contributed by atoms with Crippen molar-refractivity contribution in [3.63, 3.8) is 0 Å². The van der Waals surface area contributed by atoms with Gasteiger partial charge in [0.1, 0.15) is 23.3 Å². The number of halogens is 4. The minimum Gasteiger partial charge on any atom is -0.207 e. The first kappa shape index (κ1) is 33.6. The first-order chi connectivity index (χ1) is 25.9. The van der Waals surface area contributed by atoms with Crippen LogP contribution in [0.25, 0.3) is 44.5 Å². The van der Waals surface area contributed by atoms with Crippen LogP contribution in [0.2, 0.25) is 0 Å². The summed E-state index contributed by atoms with van der Waals surface area (Å²) in [5.74, 6) is -1.24. The molecule has 0 aliphatic heterocycles. The Kier molecular flexibility index (Phi) is 9.03. The first-order valence-corrected chi connectivity index (χ1v) is 17.3. The zero-order chi connectivity index (χ0) is 36.4. The van der Waals surface area contributed by atoms with Crippen LogP contribution in [0.1, 0.15) is 22.3 Å². The molecule has 0 N–H and O–H groups in total. The van der Waals surface area contributed by atoms with E-state index < -0.39 is 5.41 Å². The Balaban J connectivity index is 1.35. The van der Waals surface area contributed by atoms with Crippen LogP contribution in [0.3, 0.4) is 0 Å². The molecular weight excluding hydrogens is 665 g/mol. The second kappa shape index (κ2) is 14.2. The third kappa shape index (κ3) is 6.68. The minimum atomic E-state index is -0.887. The Hall–Kier alpha value is -6.52. The zero-order valence-corrected chi connectivity index (χ0v) is 28.5. The average molecular weight is 697 g/mol. The maximum absolute atomic E-state index is 14.3. The van der Waals surface area contributed by atoms with Crippen molar-refractivity contribution >= 4 is 0 Å². The van der Waals surface area contributed by atoms with Crippen LogP contribution in [-0.4, -0.2) is 0 Å². The highest BCUT2D eigenvalue weighted by Crippen LogP contribution is 2.47. The van der Waals surface area contributed by atoms with Crippen molar-refractivity contribution in [1.29, 1.82) is 0 Å². The van der Waals surface area contributed by atoms with Crippen molar-refractivity contribution in [2.75, 3.05) is 0 Å². The Labute approximate surface area is 306 Å². The maximum atomic E-state index is 14.3. The number of hydrogen-bond acceptors (Lipinski definition) is 0. The molecule has 0 heterocycles. The molecule has 0 aliphatic rings. The van der Waals surface area contributed by atoms with E-state index in [0.29, 0.717) is 0 Å². The number of hydrogen-bond donors (Lipinski definition) is 0. The molecule has 0 unspecified atom stereocenters. The van der Waals surface area contributed by atoms with Crippen molar-refractivity contribution < 1.29 is 17.6 Å². The van der Waals surface area contributed by atoms with Crippen molar-refractivity contribution in [2.24, 2.45) is 0 Å². The summed E-state index contributed by atoms with van der Waals surface area (Å²) in [5, 5.41) is 0. The highest BCUT2D eigenvalue weighted by Gasteiger charge is 2.38. The minimum absolute atomic E-state index is 0.309. The van der Waals surface area contributed by atoms with Gasteiger partial charge in [0.05, 0.1) is 5.41 Å². The first-order valence-electron chi connectivity index (χ1n) is 17.3. The van der Waals surface area contributed by atoms with Crippen LogP contribution in [0.15, 0.2) is 194 Å². The Morgan fingerprint density at radius 1 is 0.226 bits per heavy atom. The van der Waals surface area contributed by atoms with Gasteiger partial charge in [0.15, 0.2) is 0 Å². The molecule has 0 saturated heterocycles. The molecule has 0 aromatic heterocycles. The Bertz CT molecular complexity index is 2160. The van der Waals surface area contributed by atoms with Gasteiger partial charge in [0.2, 0.25) is 0 Å². The highest BCUT2D eigenvalue weighted by atomic mass is 19.1. The van der Waals surface area contributed by atoms with E-state index in [2.05, 4.69) is 48.5 Å². The molecule has 0 atom stereocenters. The third-order valence-corrected chi connectivity index (χ3v) is 9.90. The van der Waals surface area contributed by atoms with Gasteiger partial charge in [0.25, 0.3) is 0 Å². The second-order valence-electron chi connectivity index (χ2n) is 13.1. The Morgan fingerprint density at radius 2 is 0.434 bits per heavy atom. The van der Waals surface area contributed by atoms with Gasteiger partial charge in [-0.25, -0.2) is 17.6 Å². The fraction of sp³-hybridized carbons (Fsp3) is 0.0204. The van der Waals surface area contributed by atoms with E-state index in [-0.39, 0.29) is 23.3 Å². The van der Waals surface area contributed by atoms with Gasteiger partial charge in [-0.1, -0.05) is 146 Å². The lowest BCUT2D eigenvalue weighted by Gasteiger charge is -2.37. The van der Waals surface area contributed by atoms with E-state index in [1.807, 2.05) is 72.8 Å². The van der Waals surface area contributed by atoms with Crippen molar-refractivity contribution in [3.05, 3.63) is 240 Å². The topological polar surface area (TPSA) is 0 Å². The van der Waals surface area contributed by atoms with Gasteiger partial charge in [-0.2, -0.15) is 0 Å². The smallest absolute Gasteiger partial charge is 0.123 e. The molecule has 0 spiro atoms. The third-order valence-electron chi connectivity index (χ3n) is 9.90. The average Bonchev–Trinajstić information content (AvgIpc) is 3.19. The van der Waals surface area contributed by atoms with E-state index >= 15 is 0 Å². The molecule has 0 aliphatic carbocycles. The highest BCUT2D eigenvalue weighted by molar-refractivity contribution is 5.72. The molecule has 4 heteroatoms. The fourth-order valence-electron chi connectivity index (χ4n) is 7.32. The Morgan fingerprint density at radius 3 is 0.623 bits per heavy atom. The summed E-state index contributed by atoms with van der Waals surface area (Å²) >= 11 is 0. The van der Waals surface area contributed by atoms with Crippen molar-refractivity contribution in [3.8, 4) is 44.5 Å². The van der Waals surface area contributed by atoms with E-state index in [1.165, 1.54) is 48.5 Å². The normalized spacial score (nSPS) is 11.4. The molecule has 53 heavy (non-hydrogen) atoms.